The summed E-state index contributed by atoms with van der Waals surface area (Å²) in [5, 5.41) is 22.9. The van der Waals surface area contributed by atoms with Crippen molar-refractivity contribution in [3.63, 3.8) is 0 Å². The van der Waals surface area contributed by atoms with Crippen LogP contribution < -0.4 is 14.8 Å². The zero-order valence-corrected chi connectivity index (χ0v) is 18.8. The van der Waals surface area contributed by atoms with Crippen molar-refractivity contribution >= 4 is 23.4 Å². The average Bonchev–Trinajstić information content (AvgIpc) is 2.82. The minimum absolute atomic E-state index is 0.164. The number of nitro groups is 1. The first-order valence-corrected chi connectivity index (χ1v) is 10.5. The molecular weight excluding hydrogens is 434 g/mol. The van der Waals surface area contributed by atoms with Crippen LogP contribution in [0.2, 0.25) is 0 Å². The van der Waals surface area contributed by atoms with Crippen LogP contribution in [0.25, 0.3) is 6.08 Å². The van der Waals surface area contributed by atoms with Gasteiger partial charge in [-0.2, -0.15) is 5.26 Å². The summed E-state index contributed by atoms with van der Waals surface area (Å²) in [6.45, 7) is 4.64. The van der Waals surface area contributed by atoms with Crippen LogP contribution in [0.1, 0.15) is 23.6 Å². The van der Waals surface area contributed by atoms with Gasteiger partial charge in [0.05, 0.1) is 11.5 Å². The fraction of sp³-hybridized carbons (Fsp3) is 0.154. The van der Waals surface area contributed by atoms with Gasteiger partial charge in [-0.1, -0.05) is 42.0 Å². The van der Waals surface area contributed by atoms with Crippen LogP contribution in [-0.4, -0.2) is 17.4 Å². The largest absolute Gasteiger partial charge is 0.490 e. The van der Waals surface area contributed by atoms with Gasteiger partial charge in [-0.25, -0.2) is 0 Å². The third kappa shape index (κ3) is 6.43. The van der Waals surface area contributed by atoms with Gasteiger partial charge in [0, 0.05) is 17.8 Å². The maximum atomic E-state index is 12.6. The van der Waals surface area contributed by atoms with Gasteiger partial charge in [-0.15, -0.1) is 0 Å². The van der Waals surface area contributed by atoms with Crippen LogP contribution in [0.3, 0.4) is 0 Å². The Morgan fingerprint density at radius 2 is 1.88 bits per heavy atom. The fourth-order valence-electron chi connectivity index (χ4n) is 3.18. The van der Waals surface area contributed by atoms with Crippen molar-refractivity contribution in [1.29, 1.82) is 5.26 Å². The highest BCUT2D eigenvalue weighted by molar-refractivity contribution is 6.09. The van der Waals surface area contributed by atoms with Gasteiger partial charge < -0.3 is 14.8 Å². The number of carbonyl (C=O) groups is 1. The second-order valence-corrected chi connectivity index (χ2v) is 7.35. The van der Waals surface area contributed by atoms with Crippen LogP contribution in [0, 0.1) is 28.4 Å². The number of amides is 1. The maximum Gasteiger partial charge on any atom is 0.271 e. The number of nitriles is 1. The Labute approximate surface area is 197 Å². The molecule has 3 aromatic carbocycles. The molecule has 0 saturated heterocycles. The molecule has 34 heavy (non-hydrogen) atoms. The first-order chi connectivity index (χ1) is 16.4. The lowest BCUT2D eigenvalue weighted by Crippen LogP contribution is -2.13. The first-order valence-electron chi connectivity index (χ1n) is 10.5. The Bertz CT molecular complexity index is 1280. The molecule has 172 valence electrons. The Balaban J connectivity index is 1.78. The minimum atomic E-state index is -0.680. The van der Waals surface area contributed by atoms with E-state index < -0.39 is 10.8 Å². The zero-order valence-electron chi connectivity index (χ0n) is 18.8. The third-order valence-electron chi connectivity index (χ3n) is 4.74. The molecule has 0 spiro atoms. The van der Waals surface area contributed by atoms with Crippen molar-refractivity contribution in [3.8, 4) is 17.6 Å². The molecule has 8 nitrogen and oxygen atoms in total. The summed E-state index contributed by atoms with van der Waals surface area (Å²) in [4.78, 5) is 22.9. The molecule has 3 aromatic rings. The van der Waals surface area contributed by atoms with E-state index in [1.165, 1.54) is 30.3 Å². The van der Waals surface area contributed by atoms with Gasteiger partial charge in [0.15, 0.2) is 11.5 Å². The van der Waals surface area contributed by atoms with Crippen molar-refractivity contribution in [3.05, 3.63) is 99.1 Å². The lowest BCUT2D eigenvalue weighted by molar-refractivity contribution is -0.384. The number of hydrogen-bond acceptors (Lipinski definition) is 6. The predicted octanol–water partition coefficient (Wildman–Crippen LogP) is 5.43. The van der Waals surface area contributed by atoms with E-state index in [4.69, 9.17) is 9.47 Å². The Morgan fingerprint density at radius 1 is 1.09 bits per heavy atom. The monoisotopic (exact) mass is 457 g/mol. The summed E-state index contributed by atoms with van der Waals surface area (Å²) in [6.07, 6.45) is 1.42. The topological polar surface area (TPSA) is 114 Å². The van der Waals surface area contributed by atoms with Crippen molar-refractivity contribution in [2.45, 2.75) is 20.5 Å². The number of ether oxygens (including phenoxy) is 2. The number of hydrogen-bond donors (Lipinski definition) is 1. The van der Waals surface area contributed by atoms with E-state index in [2.05, 4.69) is 5.32 Å². The molecule has 0 aliphatic rings. The minimum Gasteiger partial charge on any atom is -0.490 e. The number of benzene rings is 3. The third-order valence-corrected chi connectivity index (χ3v) is 4.74. The number of nitrogens with zero attached hydrogens (tertiary/aromatic N) is 2. The molecular formula is C26H23N3O5. The molecule has 0 fully saturated rings. The van der Waals surface area contributed by atoms with Crippen LogP contribution >= 0.6 is 0 Å². The molecule has 8 heteroatoms. The van der Waals surface area contributed by atoms with Gasteiger partial charge in [0.2, 0.25) is 0 Å². The molecule has 0 bridgehead atoms. The first kappa shape index (κ1) is 24.0. The Morgan fingerprint density at radius 3 is 2.59 bits per heavy atom. The average molecular weight is 457 g/mol. The molecule has 1 N–H and O–H groups in total. The summed E-state index contributed by atoms with van der Waals surface area (Å²) in [5.74, 6) is 0.348. The second-order valence-electron chi connectivity index (χ2n) is 7.35. The molecule has 0 aromatic heterocycles. The Kier molecular flexibility index (Phi) is 7.97. The summed E-state index contributed by atoms with van der Waals surface area (Å²) >= 11 is 0. The Hall–Kier alpha value is -4.64. The molecule has 1 amide bonds. The summed E-state index contributed by atoms with van der Waals surface area (Å²) in [6, 6.07) is 20.5. The summed E-state index contributed by atoms with van der Waals surface area (Å²) in [5.41, 5.74) is 2.62. The lowest BCUT2D eigenvalue weighted by Gasteiger charge is -2.13. The van der Waals surface area contributed by atoms with E-state index in [-0.39, 0.29) is 16.9 Å². The maximum absolute atomic E-state index is 12.6. The van der Waals surface area contributed by atoms with E-state index in [9.17, 15) is 20.2 Å². The quantitative estimate of drug-likeness (QED) is 0.198. The highest BCUT2D eigenvalue weighted by Gasteiger charge is 2.13. The van der Waals surface area contributed by atoms with E-state index in [1.807, 2.05) is 44.2 Å². The number of nitrogens with one attached hydrogen (secondary N) is 1. The van der Waals surface area contributed by atoms with Crippen LogP contribution in [-0.2, 0) is 11.4 Å². The molecule has 0 saturated carbocycles. The molecule has 3 rings (SSSR count). The number of carbonyl (C=O) groups excluding carboxylic acids is 1. The van der Waals surface area contributed by atoms with Crippen molar-refractivity contribution in [1.82, 2.24) is 0 Å². The van der Waals surface area contributed by atoms with E-state index >= 15 is 0 Å². The SMILES string of the molecule is CCOc1cc(/C=C(\C#N)C(=O)Nc2cccc([N+](=O)[O-])c2)ccc1OCc1cccc(C)c1. The highest BCUT2D eigenvalue weighted by atomic mass is 16.6. The number of anilines is 1. The van der Waals surface area contributed by atoms with Crippen LogP contribution in [0.5, 0.6) is 11.5 Å². The van der Waals surface area contributed by atoms with Gasteiger partial charge >= 0.3 is 0 Å². The van der Waals surface area contributed by atoms with Gasteiger partial charge in [-0.05, 0) is 49.2 Å². The molecule has 0 aliphatic heterocycles. The number of rotatable bonds is 9. The number of non-ortho nitro benzene ring substituents is 1. The van der Waals surface area contributed by atoms with E-state index in [0.29, 0.717) is 30.3 Å². The number of nitro benzene ring substituents is 1. The van der Waals surface area contributed by atoms with E-state index in [0.717, 1.165) is 11.1 Å². The molecule has 0 atom stereocenters. The number of aryl methyl sites for hydroxylation is 1. The normalized spacial score (nSPS) is 10.8. The van der Waals surface area contributed by atoms with Gasteiger partial charge in [0.1, 0.15) is 18.2 Å². The van der Waals surface area contributed by atoms with Crippen molar-refractivity contribution in [2.75, 3.05) is 11.9 Å². The zero-order chi connectivity index (χ0) is 24.5. The predicted molar refractivity (Wildman–Crippen MR) is 128 cm³/mol. The van der Waals surface area contributed by atoms with Crippen molar-refractivity contribution < 1.29 is 19.2 Å². The van der Waals surface area contributed by atoms with Crippen molar-refractivity contribution in [2.24, 2.45) is 0 Å². The summed E-state index contributed by atoms with van der Waals surface area (Å²) in [7, 11) is 0. The second kappa shape index (κ2) is 11.3. The standard InChI is InChI=1S/C26H23N3O5/c1-3-33-25-14-19(10-11-24(25)34-17-20-7-4-6-18(2)12-20)13-21(16-27)26(30)28-22-8-5-9-23(15-22)29(31)32/h4-15H,3,17H2,1-2H3,(H,28,30)/b21-13+. The highest BCUT2D eigenvalue weighted by Crippen LogP contribution is 2.30. The molecule has 0 heterocycles. The van der Waals surface area contributed by atoms with Gasteiger partial charge in [-0.3, -0.25) is 14.9 Å². The summed E-state index contributed by atoms with van der Waals surface area (Å²) < 4.78 is 11.6. The molecule has 0 aliphatic carbocycles. The lowest BCUT2D eigenvalue weighted by atomic mass is 10.1. The smallest absolute Gasteiger partial charge is 0.271 e. The van der Waals surface area contributed by atoms with Crippen LogP contribution in [0.4, 0.5) is 11.4 Å². The van der Waals surface area contributed by atoms with E-state index in [1.54, 1.807) is 18.2 Å². The molecule has 0 unspecified atom stereocenters. The van der Waals surface area contributed by atoms with Crippen LogP contribution in [0.15, 0.2) is 72.3 Å². The van der Waals surface area contributed by atoms with Gasteiger partial charge in [0.25, 0.3) is 11.6 Å². The molecule has 0 radical (unpaired) electrons. The fourth-order valence-corrected chi connectivity index (χ4v) is 3.18.